The van der Waals surface area contributed by atoms with Gasteiger partial charge in [-0.1, -0.05) is 29.3 Å². The predicted molar refractivity (Wildman–Crippen MR) is 76.2 cm³/mol. The van der Waals surface area contributed by atoms with Gasteiger partial charge in [-0.2, -0.15) is 0 Å². The van der Waals surface area contributed by atoms with Gasteiger partial charge in [-0.3, -0.25) is 9.59 Å². The molecule has 0 aliphatic carbocycles. The van der Waals surface area contributed by atoms with E-state index in [4.69, 9.17) is 28.9 Å². The van der Waals surface area contributed by atoms with E-state index in [1.807, 2.05) is 6.07 Å². The molecule has 0 aliphatic rings. The highest BCUT2D eigenvalue weighted by atomic mass is 35.5. The van der Waals surface area contributed by atoms with Crippen LogP contribution in [-0.2, 0) is 16.0 Å². The van der Waals surface area contributed by atoms with Gasteiger partial charge in [-0.15, -0.1) is 0 Å². The minimum absolute atomic E-state index is 0.0500. The molecule has 0 heterocycles. The Balaban J connectivity index is 2.39. The van der Waals surface area contributed by atoms with E-state index in [-0.39, 0.29) is 12.5 Å². The minimum Gasteiger partial charge on any atom is -0.368 e. The average Bonchev–Trinajstić information content (AvgIpc) is 2.32. The van der Waals surface area contributed by atoms with Crippen molar-refractivity contribution in [3.05, 3.63) is 33.8 Å². The summed E-state index contributed by atoms with van der Waals surface area (Å²) < 4.78 is 0. The second-order valence-electron chi connectivity index (χ2n) is 4.32. The number of nitrogens with two attached hydrogens (primary N) is 1. The van der Waals surface area contributed by atoms with Gasteiger partial charge in [0.25, 0.3) is 0 Å². The van der Waals surface area contributed by atoms with Gasteiger partial charge in [0.05, 0.1) is 16.6 Å². The fraction of sp³-hybridized carbons (Fsp3) is 0.385. The molecule has 0 bridgehead atoms. The van der Waals surface area contributed by atoms with Crippen molar-refractivity contribution < 1.29 is 9.59 Å². The van der Waals surface area contributed by atoms with Crippen molar-refractivity contribution >= 4 is 35.0 Å². The zero-order chi connectivity index (χ0) is 14.4. The summed E-state index contributed by atoms with van der Waals surface area (Å²) in [5.41, 5.74) is 6.05. The number of halogens is 2. The molecule has 0 radical (unpaired) electrons. The number of aryl methyl sites for hydroxylation is 1. The van der Waals surface area contributed by atoms with Crippen LogP contribution in [0.5, 0.6) is 0 Å². The first-order valence-electron chi connectivity index (χ1n) is 5.86. The first kappa shape index (κ1) is 15.8. The Morgan fingerprint density at radius 1 is 1.26 bits per heavy atom. The molecule has 1 aromatic carbocycles. The van der Waals surface area contributed by atoms with Crippen LogP contribution in [0.15, 0.2) is 18.2 Å². The van der Waals surface area contributed by atoms with Crippen LogP contribution in [0, 0.1) is 0 Å². The number of rotatable bonds is 6. The summed E-state index contributed by atoms with van der Waals surface area (Å²) in [7, 11) is 1.56. The molecule has 0 aliphatic heterocycles. The molecule has 6 heteroatoms. The van der Waals surface area contributed by atoms with E-state index in [2.05, 4.69) is 0 Å². The van der Waals surface area contributed by atoms with Gasteiger partial charge in [0, 0.05) is 13.5 Å². The highest BCUT2D eigenvalue weighted by molar-refractivity contribution is 6.42. The maximum atomic E-state index is 11.7. The summed E-state index contributed by atoms with van der Waals surface area (Å²) in [5, 5.41) is 1.03. The molecule has 2 amide bonds. The lowest BCUT2D eigenvalue weighted by Gasteiger charge is -2.14. The molecule has 0 atom stereocenters. The standard InChI is InChI=1S/C13H16Cl2N2O2/c1-17(8-12(16)18)13(19)4-2-3-9-5-6-10(14)11(15)7-9/h5-7H,2-4,8H2,1H3,(H2,16,18). The molecule has 19 heavy (non-hydrogen) atoms. The van der Waals surface area contributed by atoms with Crippen LogP contribution in [-0.4, -0.2) is 30.3 Å². The van der Waals surface area contributed by atoms with Crippen molar-refractivity contribution in [2.24, 2.45) is 5.73 Å². The van der Waals surface area contributed by atoms with Crippen LogP contribution >= 0.6 is 23.2 Å². The molecule has 0 spiro atoms. The number of primary amides is 1. The van der Waals surface area contributed by atoms with Gasteiger partial charge in [0.15, 0.2) is 0 Å². The Morgan fingerprint density at radius 2 is 1.95 bits per heavy atom. The molecule has 0 saturated carbocycles. The maximum Gasteiger partial charge on any atom is 0.237 e. The zero-order valence-corrected chi connectivity index (χ0v) is 12.2. The monoisotopic (exact) mass is 302 g/mol. The normalized spacial score (nSPS) is 10.3. The van der Waals surface area contributed by atoms with E-state index in [9.17, 15) is 9.59 Å². The van der Waals surface area contributed by atoms with Crippen molar-refractivity contribution in [3.8, 4) is 0 Å². The molecule has 0 fully saturated rings. The van der Waals surface area contributed by atoms with E-state index in [0.717, 1.165) is 12.0 Å². The number of amides is 2. The second-order valence-corrected chi connectivity index (χ2v) is 5.13. The van der Waals surface area contributed by atoms with Crippen LogP contribution in [0.2, 0.25) is 10.0 Å². The molecule has 0 aromatic heterocycles. The molecule has 0 saturated heterocycles. The topological polar surface area (TPSA) is 63.4 Å². The van der Waals surface area contributed by atoms with Crippen molar-refractivity contribution in [3.63, 3.8) is 0 Å². The molecule has 0 unspecified atom stereocenters. The predicted octanol–water partition coefficient (Wildman–Crippen LogP) is 2.26. The summed E-state index contributed by atoms with van der Waals surface area (Å²) >= 11 is 11.7. The Hall–Kier alpha value is -1.26. The first-order chi connectivity index (χ1) is 8.90. The van der Waals surface area contributed by atoms with Gasteiger partial charge in [0.1, 0.15) is 0 Å². The van der Waals surface area contributed by atoms with Crippen LogP contribution in [0.1, 0.15) is 18.4 Å². The van der Waals surface area contributed by atoms with Crippen molar-refractivity contribution in [1.29, 1.82) is 0 Å². The highest BCUT2D eigenvalue weighted by Gasteiger charge is 2.10. The summed E-state index contributed by atoms with van der Waals surface area (Å²) in [6.45, 7) is -0.0500. The van der Waals surface area contributed by atoms with Crippen molar-refractivity contribution in [1.82, 2.24) is 4.90 Å². The van der Waals surface area contributed by atoms with Crippen LogP contribution in [0.25, 0.3) is 0 Å². The SMILES string of the molecule is CN(CC(N)=O)C(=O)CCCc1ccc(Cl)c(Cl)c1. The third-order valence-electron chi connectivity index (χ3n) is 2.66. The Bertz CT molecular complexity index is 478. The van der Waals surface area contributed by atoms with E-state index < -0.39 is 5.91 Å². The molecule has 1 rings (SSSR count). The Kier molecular flexibility index (Phi) is 6.12. The van der Waals surface area contributed by atoms with Crippen LogP contribution < -0.4 is 5.73 Å². The summed E-state index contributed by atoms with van der Waals surface area (Å²) in [4.78, 5) is 23.7. The number of carbonyl (C=O) groups excluding carboxylic acids is 2. The highest BCUT2D eigenvalue weighted by Crippen LogP contribution is 2.23. The molecule has 2 N–H and O–H groups in total. The third kappa shape index (κ3) is 5.49. The lowest BCUT2D eigenvalue weighted by Crippen LogP contribution is -2.35. The number of carbonyl (C=O) groups is 2. The number of benzene rings is 1. The van der Waals surface area contributed by atoms with Crippen molar-refractivity contribution in [2.45, 2.75) is 19.3 Å². The van der Waals surface area contributed by atoms with E-state index in [1.165, 1.54) is 4.90 Å². The second kappa shape index (κ2) is 7.36. The van der Waals surface area contributed by atoms with Crippen LogP contribution in [0.3, 0.4) is 0 Å². The van der Waals surface area contributed by atoms with Gasteiger partial charge >= 0.3 is 0 Å². The summed E-state index contributed by atoms with van der Waals surface area (Å²) in [6, 6.07) is 5.41. The van der Waals surface area contributed by atoms with Gasteiger partial charge in [-0.25, -0.2) is 0 Å². The third-order valence-corrected chi connectivity index (χ3v) is 3.40. The number of likely N-dealkylation sites (N-methyl/N-ethyl adjacent to an activating group) is 1. The quantitative estimate of drug-likeness (QED) is 0.876. The largest absolute Gasteiger partial charge is 0.368 e. The summed E-state index contributed by atoms with van der Waals surface area (Å²) in [6.07, 6.45) is 1.77. The Morgan fingerprint density at radius 3 is 2.53 bits per heavy atom. The van der Waals surface area contributed by atoms with Gasteiger partial charge in [0.2, 0.25) is 11.8 Å². The van der Waals surface area contributed by atoms with Gasteiger partial charge in [-0.05, 0) is 30.5 Å². The summed E-state index contributed by atoms with van der Waals surface area (Å²) in [5.74, 6) is -0.612. The first-order valence-corrected chi connectivity index (χ1v) is 6.62. The fourth-order valence-corrected chi connectivity index (χ4v) is 1.97. The molecule has 4 nitrogen and oxygen atoms in total. The lowest BCUT2D eigenvalue weighted by molar-refractivity contribution is -0.133. The molecule has 1 aromatic rings. The smallest absolute Gasteiger partial charge is 0.237 e. The zero-order valence-electron chi connectivity index (χ0n) is 10.7. The number of nitrogens with zero attached hydrogens (tertiary/aromatic N) is 1. The number of hydrogen-bond acceptors (Lipinski definition) is 2. The molecular formula is C13H16Cl2N2O2. The molecule has 104 valence electrons. The minimum atomic E-state index is -0.514. The number of hydrogen-bond donors (Lipinski definition) is 1. The Labute approximate surface area is 122 Å². The fourth-order valence-electron chi connectivity index (χ4n) is 1.65. The van der Waals surface area contributed by atoms with E-state index >= 15 is 0 Å². The van der Waals surface area contributed by atoms with E-state index in [1.54, 1.807) is 19.2 Å². The average molecular weight is 303 g/mol. The van der Waals surface area contributed by atoms with Gasteiger partial charge < -0.3 is 10.6 Å². The molecular weight excluding hydrogens is 287 g/mol. The lowest BCUT2D eigenvalue weighted by atomic mass is 10.1. The van der Waals surface area contributed by atoms with Crippen LogP contribution in [0.4, 0.5) is 0 Å². The van der Waals surface area contributed by atoms with Crippen molar-refractivity contribution in [2.75, 3.05) is 13.6 Å². The maximum absolute atomic E-state index is 11.7. The van der Waals surface area contributed by atoms with E-state index in [0.29, 0.717) is 22.9 Å².